The second kappa shape index (κ2) is 10.4. The number of fused-ring (bicyclic) bond motifs is 3. The number of hydrogen-bond acceptors (Lipinski definition) is 9. The number of hydrogen-bond donors (Lipinski definition) is 1. The third kappa shape index (κ3) is 5.69. The van der Waals surface area contributed by atoms with Crippen LogP contribution in [0, 0.1) is 0 Å². The summed E-state index contributed by atoms with van der Waals surface area (Å²) in [6, 6.07) is 11.0. The van der Waals surface area contributed by atoms with Crippen LogP contribution in [0.5, 0.6) is 11.6 Å². The largest absolute Gasteiger partial charge is 0.489 e. The smallest absolute Gasteiger partial charge is 0.212 e. The van der Waals surface area contributed by atoms with E-state index in [0.29, 0.717) is 29.0 Å². The molecule has 3 saturated heterocycles. The molecule has 41 heavy (non-hydrogen) atoms. The zero-order valence-corrected chi connectivity index (χ0v) is 25.1. The quantitative estimate of drug-likeness (QED) is 0.299. The molecule has 0 saturated carbocycles. The highest BCUT2D eigenvalue weighted by Crippen LogP contribution is 2.40. The number of piperidine rings is 1. The summed E-state index contributed by atoms with van der Waals surface area (Å²) < 4.78 is 25.9. The zero-order chi connectivity index (χ0) is 28.9. The number of rotatable bonds is 9. The van der Waals surface area contributed by atoms with Crippen LogP contribution in [0.4, 0.5) is 5.82 Å². The van der Waals surface area contributed by atoms with Crippen LogP contribution in [0.1, 0.15) is 25.8 Å². The van der Waals surface area contributed by atoms with E-state index in [1.165, 1.54) is 12.0 Å². The van der Waals surface area contributed by atoms with Crippen molar-refractivity contribution in [1.82, 2.24) is 24.5 Å². The molecule has 0 radical (unpaired) electrons. The normalized spacial score (nSPS) is 19.3. The first-order valence-electron chi connectivity index (χ1n) is 13.9. The Bertz CT molecular complexity index is 1580. The van der Waals surface area contributed by atoms with Crippen LogP contribution in [-0.4, -0.2) is 87.4 Å². The third-order valence-corrected chi connectivity index (χ3v) is 9.33. The van der Waals surface area contributed by atoms with Gasteiger partial charge in [-0.05, 0) is 57.4 Å². The number of pyridine rings is 3. The Hall–Kier alpha value is -3.46. The predicted molar refractivity (Wildman–Crippen MR) is 160 cm³/mol. The van der Waals surface area contributed by atoms with Crippen LogP contribution < -0.4 is 19.7 Å². The number of piperazine rings is 1. The molecule has 10 nitrogen and oxygen atoms in total. The molecule has 0 spiro atoms. The highest BCUT2D eigenvalue weighted by atomic mass is 31.2. The molecule has 4 aromatic rings. The number of ether oxygens (including phenoxy) is 2. The average Bonchev–Trinajstić information content (AvgIpc) is 3.39. The number of aromatic nitrogens is 4. The predicted octanol–water partition coefficient (Wildman–Crippen LogP) is 3.66. The lowest BCUT2D eigenvalue weighted by Gasteiger charge is -2.56. The Balaban J connectivity index is 1.22. The molecule has 7 rings (SSSR count). The van der Waals surface area contributed by atoms with Crippen LogP contribution in [0.25, 0.3) is 16.6 Å². The van der Waals surface area contributed by atoms with Crippen LogP contribution in [0.3, 0.4) is 0 Å². The van der Waals surface area contributed by atoms with Crippen molar-refractivity contribution in [2.24, 2.45) is 0 Å². The Morgan fingerprint density at radius 3 is 2.46 bits per heavy atom. The summed E-state index contributed by atoms with van der Waals surface area (Å²) >= 11 is 0. The summed E-state index contributed by atoms with van der Waals surface area (Å²) in [6.07, 6.45) is 8.41. The van der Waals surface area contributed by atoms with E-state index >= 15 is 0 Å². The van der Waals surface area contributed by atoms with Gasteiger partial charge in [0.15, 0.2) is 0 Å². The van der Waals surface area contributed by atoms with E-state index in [1.807, 2.05) is 24.5 Å². The lowest BCUT2D eigenvalue weighted by Crippen LogP contribution is -2.68. The Labute approximate surface area is 240 Å². The second-order valence-corrected chi connectivity index (χ2v) is 15.3. The Morgan fingerprint density at radius 1 is 1.07 bits per heavy atom. The monoisotopic (exact) mass is 576 g/mol. The summed E-state index contributed by atoms with van der Waals surface area (Å²) in [7, 11) is -0.966. The van der Waals surface area contributed by atoms with Gasteiger partial charge in [0.1, 0.15) is 25.3 Å². The third-order valence-electron chi connectivity index (χ3n) is 7.84. The Morgan fingerprint density at radius 2 is 1.85 bits per heavy atom. The van der Waals surface area contributed by atoms with Gasteiger partial charge in [0.25, 0.3) is 0 Å². The van der Waals surface area contributed by atoms with E-state index in [4.69, 9.17) is 14.5 Å². The molecule has 3 aliphatic rings. The highest BCUT2D eigenvalue weighted by molar-refractivity contribution is 7.70. The lowest BCUT2D eigenvalue weighted by molar-refractivity contribution is -0.00876. The van der Waals surface area contributed by atoms with Gasteiger partial charge in [0.2, 0.25) is 5.88 Å². The van der Waals surface area contributed by atoms with Gasteiger partial charge in [0.05, 0.1) is 35.9 Å². The van der Waals surface area contributed by atoms with Crippen molar-refractivity contribution in [2.75, 3.05) is 45.0 Å². The van der Waals surface area contributed by atoms with Crippen molar-refractivity contribution in [3.05, 3.63) is 60.7 Å². The molecule has 0 aliphatic carbocycles. The van der Waals surface area contributed by atoms with Crippen LogP contribution in [0.15, 0.2) is 55.1 Å². The van der Waals surface area contributed by atoms with E-state index in [-0.39, 0.29) is 6.61 Å². The van der Waals surface area contributed by atoms with Crippen molar-refractivity contribution in [3.8, 4) is 22.8 Å². The minimum atomic E-state index is -2.60. The minimum absolute atomic E-state index is 0.132. The maximum absolute atomic E-state index is 13.1. The van der Waals surface area contributed by atoms with Gasteiger partial charge in [0, 0.05) is 61.3 Å². The molecule has 0 amide bonds. The summed E-state index contributed by atoms with van der Waals surface area (Å²) in [5.74, 6) is 2.15. The van der Waals surface area contributed by atoms with Gasteiger partial charge in [-0.25, -0.2) is 14.5 Å². The van der Waals surface area contributed by atoms with Crippen LogP contribution in [0.2, 0.25) is 0 Å². The summed E-state index contributed by atoms with van der Waals surface area (Å²) in [4.78, 5) is 14.1. The van der Waals surface area contributed by atoms with Crippen molar-refractivity contribution in [1.29, 1.82) is 0 Å². The molecule has 11 heteroatoms. The van der Waals surface area contributed by atoms with Crippen LogP contribution >= 0.6 is 7.14 Å². The summed E-state index contributed by atoms with van der Waals surface area (Å²) in [6.45, 7) is 9.79. The van der Waals surface area contributed by atoms with Crippen molar-refractivity contribution in [2.45, 2.75) is 44.5 Å². The number of methoxy groups -OCH3 is 1. The maximum atomic E-state index is 13.1. The van der Waals surface area contributed by atoms with Crippen molar-refractivity contribution < 1.29 is 19.1 Å². The van der Waals surface area contributed by atoms with Crippen molar-refractivity contribution >= 4 is 23.8 Å². The minimum Gasteiger partial charge on any atom is -0.489 e. The molecule has 1 N–H and O–H groups in total. The molecule has 7 heterocycles. The van der Waals surface area contributed by atoms with Gasteiger partial charge in [-0.1, -0.05) is 6.07 Å². The Kier molecular flexibility index (Phi) is 7.04. The number of anilines is 1. The van der Waals surface area contributed by atoms with Crippen LogP contribution in [-0.2, 0) is 11.1 Å². The first-order chi connectivity index (χ1) is 19.5. The standard InChI is InChI=1S/C30H37N6O4P/c1-30(2,37)19-40-24-11-25(29-26(41(4,5)38)14-33-36(29)18-24)21-7-8-27(31-13-21)34-16-22-10-23(17-34)35(22)15-20-6-9-28(39-3)32-12-20/h6-9,11-14,18,22-23,37H,10,15-17,19H2,1-5H3. The zero-order valence-electron chi connectivity index (χ0n) is 24.2. The molecule has 3 fully saturated rings. The van der Waals surface area contributed by atoms with Gasteiger partial charge in [-0.2, -0.15) is 5.10 Å². The average molecular weight is 577 g/mol. The van der Waals surface area contributed by atoms with Gasteiger partial charge < -0.3 is 24.0 Å². The van der Waals surface area contributed by atoms with E-state index in [0.717, 1.165) is 42.1 Å². The molecule has 2 unspecified atom stereocenters. The van der Waals surface area contributed by atoms with E-state index in [9.17, 15) is 9.67 Å². The molecule has 4 aromatic heterocycles. The fourth-order valence-corrected chi connectivity index (χ4v) is 6.80. The van der Waals surface area contributed by atoms with E-state index in [2.05, 4.69) is 38.1 Å². The number of aliphatic hydroxyl groups is 1. The molecule has 2 atom stereocenters. The second-order valence-electron chi connectivity index (χ2n) is 12.1. The van der Waals surface area contributed by atoms with Gasteiger partial charge in [-0.3, -0.25) is 4.90 Å². The fraction of sp³-hybridized carbons (Fsp3) is 0.433. The van der Waals surface area contributed by atoms with E-state index < -0.39 is 12.7 Å². The molecule has 216 valence electrons. The molecule has 2 bridgehead atoms. The fourth-order valence-electron chi connectivity index (χ4n) is 5.73. The maximum Gasteiger partial charge on any atom is 0.212 e. The molecular formula is C30H37N6O4P. The molecular weight excluding hydrogens is 539 g/mol. The van der Waals surface area contributed by atoms with Gasteiger partial charge >= 0.3 is 0 Å². The summed E-state index contributed by atoms with van der Waals surface area (Å²) in [5.41, 5.74) is 2.73. The topological polar surface area (TPSA) is 105 Å². The highest BCUT2D eigenvalue weighted by Gasteiger charge is 2.44. The summed E-state index contributed by atoms with van der Waals surface area (Å²) in [5, 5.41) is 15.4. The first-order valence-corrected chi connectivity index (χ1v) is 16.5. The lowest BCUT2D eigenvalue weighted by atomic mass is 9.87. The number of nitrogens with zero attached hydrogens (tertiary/aromatic N) is 6. The van der Waals surface area contributed by atoms with Crippen molar-refractivity contribution in [3.63, 3.8) is 0 Å². The SMILES string of the molecule is COc1ccc(CN2C3CC2CN(c2ccc(-c4cc(OCC(C)(C)O)cn5ncc(P(C)(C)=O)c45)cn2)C3)cn1. The molecule has 0 aromatic carbocycles. The first kappa shape index (κ1) is 27.7. The van der Waals surface area contributed by atoms with Gasteiger partial charge in [-0.15, -0.1) is 0 Å². The van der Waals surface area contributed by atoms with E-state index in [1.54, 1.807) is 51.2 Å². The molecule has 3 aliphatic heterocycles.